The summed E-state index contributed by atoms with van der Waals surface area (Å²) in [5.74, 6) is -1.22. The Morgan fingerprint density at radius 3 is 2.23 bits per heavy atom. The van der Waals surface area contributed by atoms with E-state index in [1.165, 1.54) is 4.90 Å². The molecule has 116 valence electrons. The fraction of sp³-hybridized carbons (Fsp3) is 0.250. The molecule has 2 rings (SSSR count). The maximum atomic E-state index is 12.6. The smallest absolute Gasteiger partial charge is 0.251 e. The van der Waals surface area contributed by atoms with E-state index in [0.29, 0.717) is 11.3 Å². The molecule has 1 atom stereocenters. The van der Waals surface area contributed by atoms with Gasteiger partial charge < -0.3 is 21.7 Å². The van der Waals surface area contributed by atoms with Gasteiger partial charge in [-0.2, -0.15) is 0 Å². The maximum Gasteiger partial charge on any atom is 0.251 e. The highest BCUT2D eigenvalue weighted by Gasteiger charge is 2.36. The van der Waals surface area contributed by atoms with Crippen LogP contribution in [0, 0.1) is 0 Å². The van der Waals surface area contributed by atoms with Crippen molar-refractivity contribution in [3.8, 4) is 0 Å². The molecule has 1 aromatic rings. The Bertz CT molecular complexity index is 675. The van der Waals surface area contributed by atoms with E-state index in [2.05, 4.69) is 5.32 Å². The molecular weight excluding hydrogens is 280 g/mol. The minimum atomic E-state index is -0.643. The van der Waals surface area contributed by atoms with Crippen molar-refractivity contribution in [2.45, 2.75) is 12.8 Å². The maximum absolute atomic E-state index is 12.6. The van der Waals surface area contributed by atoms with Gasteiger partial charge in [-0.25, -0.2) is 0 Å². The molecular formula is C16H20N4O2. The van der Waals surface area contributed by atoms with E-state index in [9.17, 15) is 9.59 Å². The third kappa shape index (κ3) is 2.67. The van der Waals surface area contributed by atoms with Crippen LogP contribution in [0.5, 0.6) is 0 Å². The lowest BCUT2D eigenvalue weighted by Crippen LogP contribution is -2.39. The first-order valence-electron chi connectivity index (χ1n) is 6.88. The van der Waals surface area contributed by atoms with Crippen molar-refractivity contribution in [3.05, 3.63) is 58.6 Å². The molecule has 0 saturated heterocycles. The monoisotopic (exact) mass is 300 g/mol. The highest BCUT2D eigenvalue weighted by molar-refractivity contribution is 6.03. The van der Waals surface area contributed by atoms with Crippen LogP contribution >= 0.6 is 0 Å². The van der Waals surface area contributed by atoms with E-state index >= 15 is 0 Å². The zero-order valence-electron chi connectivity index (χ0n) is 12.9. The van der Waals surface area contributed by atoms with Crippen molar-refractivity contribution < 1.29 is 9.59 Å². The zero-order valence-corrected chi connectivity index (χ0v) is 12.9. The minimum absolute atomic E-state index is 0.189. The number of carbonyl (C=O) groups is 2. The molecule has 1 heterocycles. The molecule has 0 saturated carbocycles. The summed E-state index contributed by atoms with van der Waals surface area (Å²) < 4.78 is 0. The Morgan fingerprint density at radius 1 is 1.14 bits per heavy atom. The Kier molecular flexibility index (Phi) is 4.21. The molecule has 0 aliphatic carbocycles. The van der Waals surface area contributed by atoms with Crippen LogP contribution in [0.2, 0.25) is 0 Å². The quantitative estimate of drug-likeness (QED) is 0.751. The van der Waals surface area contributed by atoms with E-state index < -0.39 is 11.8 Å². The average molecular weight is 300 g/mol. The molecule has 0 spiro atoms. The summed E-state index contributed by atoms with van der Waals surface area (Å²) in [5, 5.41) is 2.88. The van der Waals surface area contributed by atoms with Gasteiger partial charge in [0.15, 0.2) is 0 Å². The van der Waals surface area contributed by atoms with Gasteiger partial charge in [-0.3, -0.25) is 9.59 Å². The van der Waals surface area contributed by atoms with Crippen molar-refractivity contribution in [2.75, 3.05) is 14.1 Å². The topological polar surface area (TPSA) is 101 Å². The lowest BCUT2D eigenvalue weighted by atomic mass is 9.80. The summed E-state index contributed by atoms with van der Waals surface area (Å²) in [6.45, 7) is 1.76. The molecule has 6 nitrogen and oxygen atoms in total. The first kappa shape index (κ1) is 15.6. The molecule has 2 amide bonds. The van der Waals surface area contributed by atoms with Crippen LogP contribution in [0.3, 0.4) is 0 Å². The zero-order chi connectivity index (χ0) is 16.4. The number of amides is 2. The van der Waals surface area contributed by atoms with Crippen molar-refractivity contribution in [1.82, 2.24) is 10.2 Å². The summed E-state index contributed by atoms with van der Waals surface area (Å²) >= 11 is 0. The fourth-order valence-electron chi connectivity index (χ4n) is 2.63. The number of nitrogens with one attached hydrogen (secondary N) is 1. The molecule has 1 aromatic carbocycles. The number of nitrogens with two attached hydrogens (primary N) is 2. The fourth-order valence-corrected chi connectivity index (χ4v) is 2.63. The van der Waals surface area contributed by atoms with Gasteiger partial charge in [0.05, 0.1) is 11.5 Å². The Morgan fingerprint density at radius 2 is 1.73 bits per heavy atom. The van der Waals surface area contributed by atoms with Gasteiger partial charge >= 0.3 is 0 Å². The number of benzene rings is 1. The van der Waals surface area contributed by atoms with Crippen LogP contribution in [0.25, 0.3) is 0 Å². The van der Waals surface area contributed by atoms with Gasteiger partial charge in [0, 0.05) is 25.4 Å². The lowest BCUT2D eigenvalue weighted by Gasteiger charge is -2.31. The highest BCUT2D eigenvalue weighted by Crippen LogP contribution is 2.37. The third-order valence-electron chi connectivity index (χ3n) is 3.63. The molecule has 0 radical (unpaired) electrons. The first-order chi connectivity index (χ1) is 10.3. The minimum Gasteiger partial charge on any atom is -0.385 e. The van der Waals surface area contributed by atoms with Gasteiger partial charge in [0.25, 0.3) is 5.91 Å². The number of primary amides is 1. The predicted octanol–water partition coefficient (Wildman–Crippen LogP) is 0.391. The predicted molar refractivity (Wildman–Crippen MR) is 84.1 cm³/mol. The van der Waals surface area contributed by atoms with Gasteiger partial charge in [-0.15, -0.1) is 0 Å². The molecule has 0 aromatic heterocycles. The molecule has 1 aliphatic rings. The van der Waals surface area contributed by atoms with E-state index in [0.717, 1.165) is 5.56 Å². The summed E-state index contributed by atoms with van der Waals surface area (Å²) in [6.07, 6.45) is 0. The average Bonchev–Trinajstić information content (AvgIpc) is 2.46. The highest BCUT2D eigenvalue weighted by atomic mass is 16.2. The van der Waals surface area contributed by atoms with Crippen molar-refractivity contribution in [2.24, 2.45) is 11.5 Å². The molecule has 1 aliphatic heterocycles. The number of hydrogen-bond donors (Lipinski definition) is 3. The van der Waals surface area contributed by atoms with Crippen LogP contribution in [0.15, 0.2) is 53.0 Å². The van der Waals surface area contributed by atoms with Crippen LogP contribution in [-0.2, 0) is 9.59 Å². The van der Waals surface area contributed by atoms with Gasteiger partial charge in [0.1, 0.15) is 5.82 Å². The first-order valence-corrected chi connectivity index (χ1v) is 6.88. The largest absolute Gasteiger partial charge is 0.385 e. The Labute approximate surface area is 129 Å². The van der Waals surface area contributed by atoms with Gasteiger partial charge in [-0.05, 0) is 12.5 Å². The number of likely N-dealkylation sites (N-methyl/N-ethyl adjacent to an activating group) is 1. The van der Waals surface area contributed by atoms with Crippen molar-refractivity contribution in [3.63, 3.8) is 0 Å². The standard InChI is InChI=1S/C16H20N4O2/c1-9-11(16(22)20(2)3)12(10-7-5-4-6-8-10)13(15(18)21)14(17)19-9/h4-8,12,19H,17H2,1-3H3,(H2,18,21). The summed E-state index contributed by atoms with van der Waals surface area (Å²) in [7, 11) is 3.33. The number of rotatable bonds is 3. The van der Waals surface area contributed by atoms with Crippen LogP contribution < -0.4 is 16.8 Å². The molecule has 0 bridgehead atoms. The van der Waals surface area contributed by atoms with Crippen molar-refractivity contribution in [1.29, 1.82) is 0 Å². The van der Waals surface area contributed by atoms with Crippen LogP contribution in [0.4, 0.5) is 0 Å². The Balaban J connectivity index is 2.67. The lowest BCUT2D eigenvalue weighted by molar-refractivity contribution is -0.125. The normalized spacial score (nSPS) is 18.0. The SMILES string of the molecule is CC1=C(C(=O)N(C)C)C(c2ccccc2)C(C(N)=O)=C(N)N1. The number of carbonyl (C=O) groups excluding carboxylic acids is 2. The third-order valence-corrected chi connectivity index (χ3v) is 3.63. The number of hydrogen-bond acceptors (Lipinski definition) is 4. The molecule has 1 unspecified atom stereocenters. The van der Waals surface area contributed by atoms with E-state index in [4.69, 9.17) is 11.5 Å². The second-order valence-corrected chi connectivity index (χ2v) is 5.40. The Hall–Kier alpha value is -2.76. The van der Waals surface area contributed by atoms with Gasteiger partial charge in [0.2, 0.25) is 5.91 Å². The van der Waals surface area contributed by atoms with Crippen molar-refractivity contribution >= 4 is 11.8 Å². The van der Waals surface area contributed by atoms with E-state index in [-0.39, 0.29) is 17.3 Å². The number of nitrogens with zero attached hydrogens (tertiary/aromatic N) is 1. The molecule has 6 heteroatoms. The molecule has 22 heavy (non-hydrogen) atoms. The van der Waals surface area contributed by atoms with Gasteiger partial charge in [-0.1, -0.05) is 30.3 Å². The second kappa shape index (κ2) is 5.93. The number of dihydropyridines is 1. The molecule has 0 fully saturated rings. The van der Waals surface area contributed by atoms with Crippen LogP contribution in [-0.4, -0.2) is 30.8 Å². The summed E-state index contributed by atoms with van der Waals surface area (Å²) in [6, 6.07) is 9.26. The summed E-state index contributed by atoms with van der Waals surface area (Å²) in [5.41, 5.74) is 13.5. The van der Waals surface area contributed by atoms with Crippen LogP contribution in [0.1, 0.15) is 18.4 Å². The second-order valence-electron chi connectivity index (χ2n) is 5.40. The number of allylic oxidation sites excluding steroid dienone is 1. The summed E-state index contributed by atoms with van der Waals surface area (Å²) in [4.78, 5) is 25.9. The van der Waals surface area contributed by atoms with E-state index in [1.54, 1.807) is 21.0 Å². The van der Waals surface area contributed by atoms with E-state index in [1.807, 2.05) is 30.3 Å². The molecule has 5 N–H and O–H groups in total.